The van der Waals surface area contributed by atoms with Crippen molar-refractivity contribution < 1.29 is 9.59 Å². The molecule has 1 aromatic carbocycles. The molecule has 2 amide bonds. The Morgan fingerprint density at radius 2 is 2.00 bits per heavy atom. The molecule has 0 fully saturated rings. The number of carbonyl (C=O) groups excluding carboxylic acids is 2. The maximum absolute atomic E-state index is 12.0. The second kappa shape index (κ2) is 7.11. The van der Waals surface area contributed by atoms with Gasteiger partial charge in [0.05, 0.1) is 5.69 Å². The topological polar surface area (TPSA) is 74.3 Å². The maximum atomic E-state index is 12.0. The minimum Gasteiger partial charge on any atom is -0.344 e. The second-order valence-corrected chi connectivity index (χ2v) is 7.08. The summed E-state index contributed by atoms with van der Waals surface area (Å²) >= 11 is 1.44. The van der Waals surface area contributed by atoms with Crippen molar-refractivity contribution in [2.75, 3.05) is 18.9 Å². The van der Waals surface area contributed by atoms with E-state index >= 15 is 0 Å². The molecular weight excluding hydrogens is 324 g/mol. The fourth-order valence-corrected chi connectivity index (χ4v) is 3.58. The number of thiazole rings is 1. The lowest BCUT2D eigenvalue weighted by Crippen LogP contribution is -2.34. The van der Waals surface area contributed by atoms with Gasteiger partial charge < -0.3 is 10.2 Å². The van der Waals surface area contributed by atoms with Crippen LogP contribution in [0.25, 0.3) is 0 Å². The smallest absolute Gasteiger partial charge is 0.315 e. The number of aryl methyl sites for hydroxylation is 1. The average molecular weight is 344 g/mol. The lowest BCUT2D eigenvalue weighted by Gasteiger charge is -2.20. The number of amides is 2. The number of hydrogen-bond donors (Lipinski definition) is 2. The van der Waals surface area contributed by atoms with Gasteiger partial charge in [0.2, 0.25) is 0 Å². The number of aromatic nitrogens is 1. The minimum atomic E-state index is -0.679. The van der Waals surface area contributed by atoms with Crippen molar-refractivity contribution in [3.05, 3.63) is 46.0 Å². The molecule has 0 spiro atoms. The number of rotatable bonds is 3. The van der Waals surface area contributed by atoms with Crippen molar-refractivity contribution >= 4 is 28.3 Å². The third-order valence-electron chi connectivity index (χ3n) is 3.92. The molecule has 24 heavy (non-hydrogen) atoms. The Bertz CT molecular complexity index is 754. The van der Waals surface area contributed by atoms with E-state index in [0.29, 0.717) is 11.7 Å². The summed E-state index contributed by atoms with van der Waals surface area (Å²) in [6.45, 7) is 4.12. The van der Waals surface area contributed by atoms with Gasteiger partial charge in [-0.1, -0.05) is 29.8 Å². The average Bonchev–Trinajstić information content (AvgIpc) is 2.95. The van der Waals surface area contributed by atoms with Gasteiger partial charge in [0.15, 0.2) is 5.13 Å². The largest absolute Gasteiger partial charge is 0.344 e. The minimum absolute atomic E-state index is 0.325. The summed E-state index contributed by atoms with van der Waals surface area (Å²) in [5.74, 6) is -1.33. The zero-order chi connectivity index (χ0) is 17.1. The van der Waals surface area contributed by atoms with Gasteiger partial charge in [-0.2, -0.15) is 0 Å². The number of anilines is 1. The molecule has 0 radical (unpaired) electrons. The number of likely N-dealkylation sites (N-methyl/N-ethyl adjacent to an activating group) is 1. The molecule has 3 rings (SSSR count). The van der Waals surface area contributed by atoms with Gasteiger partial charge in [-0.3, -0.25) is 14.9 Å². The van der Waals surface area contributed by atoms with Crippen molar-refractivity contribution in [1.82, 2.24) is 15.2 Å². The van der Waals surface area contributed by atoms with Crippen LogP contribution in [-0.2, 0) is 29.1 Å². The molecule has 126 valence electrons. The molecule has 0 aliphatic carbocycles. The molecule has 2 heterocycles. The third kappa shape index (κ3) is 3.98. The van der Waals surface area contributed by atoms with Gasteiger partial charge in [0.1, 0.15) is 0 Å². The van der Waals surface area contributed by atoms with E-state index in [9.17, 15) is 9.59 Å². The number of fused-ring (bicyclic) bond motifs is 1. The summed E-state index contributed by atoms with van der Waals surface area (Å²) in [4.78, 5) is 31.7. The predicted molar refractivity (Wildman–Crippen MR) is 93.8 cm³/mol. The number of nitrogens with zero attached hydrogens (tertiary/aromatic N) is 2. The lowest BCUT2D eigenvalue weighted by molar-refractivity contribution is -0.136. The summed E-state index contributed by atoms with van der Waals surface area (Å²) in [5.41, 5.74) is 3.13. The van der Waals surface area contributed by atoms with E-state index < -0.39 is 11.8 Å². The van der Waals surface area contributed by atoms with E-state index in [1.54, 1.807) is 0 Å². The SMILES string of the molecule is Cc1ccc(CNC(=O)C(=O)Nc2nc3c(s2)CN(C)CC3)cc1. The van der Waals surface area contributed by atoms with Crippen LogP contribution in [0.15, 0.2) is 24.3 Å². The summed E-state index contributed by atoms with van der Waals surface area (Å²) in [5, 5.41) is 5.71. The zero-order valence-corrected chi connectivity index (χ0v) is 14.6. The predicted octanol–water partition coefficient (Wildman–Crippen LogP) is 1.69. The van der Waals surface area contributed by atoms with Crippen LogP contribution >= 0.6 is 11.3 Å². The maximum Gasteiger partial charge on any atom is 0.315 e. The Hall–Kier alpha value is -2.25. The Kier molecular flexibility index (Phi) is 4.92. The van der Waals surface area contributed by atoms with Crippen LogP contribution in [0.2, 0.25) is 0 Å². The first-order chi connectivity index (χ1) is 11.5. The quantitative estimate of drug-likeness (QED) is 0.831. The van der Waals surface area contributed by atoms with E-state index in [1.165, 1.54) is 11.3 Å². The standard InChI is InChI=1S/C17H20N4O2S/c1-11-3-5-12(6-4-11)9-18-15(22)16(23)20-17-19-13-7-8-21(2)10-14(13)24-17/h3-6H,7-10H2,1-2H3,(H,18,22)(H,19,20,23). The highest BCUT2D eigenvalue weighted by molar-refractivity contribution is 7.16. The normalized spacial score (nSPS) is 14.1. The van der Waals surface area contributed by atoms with E-state index in [4.69, 9.17) is 0 Å². The summed E-state index contributed by atoms with van der Waals surface area (Å²) in [6, 6.07) is 7.80. The molecule has 1 aliphatic rings. The highest BCUT2D eigenvalue weighted by Crippen LogP contribution is 2.27. The van der Waals surface area contributed by atoms with Gasteiger partial charge in [-0.25, -0.2) is 4.98 Å². The molecule has 6 nitrogen and oxygen atoms in total. The third-order valence-corrected chi connectivity index (χ3v) is 4.92. The van der Waals surface area contributed by atoms with E-state index in [1.807, 2.05) is 31.2 Å². The van der Waals surface area contributed by atoms with Gasteiger partial charge in [-0.15, -0.1) is 11.3 Å². The summed E-state index contributed by atoms with van der Waals surface area (Å²) < 4.78 is 0. The second-order valence-electron chi connectivity index (χ2n) is 6.00. The van der Waals surface area contributed by atoms with Gasteiger partial charge >= 0.3 is 11.8 Å². The van der Waals surface area contributed by atoms with Crippen LogP contribution < -0.4 is 10.6 Å². The van der Waals surface area contributed by atoms with Crippen molar-refractivity contribution in [3.63, 3.8) is 0 Å². The van der Waals surface area contributed by atoms with Crippen molar-refractivity contribution in [1.29, 1.82) is 0 Å². The number of benzene rings is 1. The zero-order valence-electron chi connectivity index (χ0n) is 13.8. The molecule has 7 heteroatoms. The monoisotopic (exact) mass is 344 g/mol. The van der Waals surface area contributed by atoms with Crippen molar-refractivity contribution in [2.45, 2.75) is 26.4 Å². The first-order valence-corrected chi connectivity index (χ1v) is 8.65. The number of hydrogen-bond acceptors (Lipinski definition) is 5. The molecule has 0 unspecified atom stereocenters. The first kappa shape index (κ1) is 16.6. The molecule has 0 saturated carbocycles. The van der Waals surface area contributed by atoms with Crippen LogP contribution in [0.3, 0.4) is 0 Å². The Balaban J connectivity index is 1.54. The lowest BCUT2D eigenvalue weighted by atomic mass is 10.1. The molecule has 0 atom stereocenters. The Morgan fingerprint density at radius 3 is 2.75 bits per heavy atom. The van der Waals surface area contributed by atoms with Gasteiger partial charge in [-0.05, 0) is 19.5 Å². The highest BCUT2D eigenvalue weighted by Gasteiger charge is 2.21. The summed E-state index contributed by atoms with van der Waals surface area (Å²) in [7, 11) is 2.05. The molecule has 1 aliphatic heterocycles. The van der Waals surface area contributed by atoms with Crippen molar-refractivity contribution in [3.8, 4) is 0 Å². The molecule has 0 saturated heterocycles. The Labute approximate surface area is 144 Å². The molecule has 2 N–H and O–H groups in total. The number of nitrogens with one attached hydrogen (secondary N) is 2. The fraction of sp³-hybridized carbons (Fsp3) is 0.353. The van der Waals surface area contributed by atoms with E-state index in [0.717, 1.165) is 41.2 Å². The van der Waals surface area contributed by atoms with Crippen LogP contribution in [0.1, 0.15) is 21.7 Å². The van der Waals surface area contributed by atoms with Crippen LogP contribution in [0.5, 0.6) is 0 Å². The van der Waals surface area contributed by atoms with E-state index in [-0.39, 0.29) is 0 Å². The first-order valence-electron chi connectivity index (χ1n) is 7.83. The molecule has 2 aromatic rings. The molecular formula is C17H20N4O2S. The summed E-state index contributed by atoms with van der Waals surface area (Å²) in [6.07, 6.45) is 0.873. The van der Waals surface area contributed by atoms with Crippen LogP contribution in [0.4, 0.5) is 5.13 Å². The van der Waals surface area contributed by atoms with Gasteiger partial charge in [0.25, 0.3) is 0 Å². The molecule has 1 aromatic heterocycles. The molecule has 0 bridgehead atoms. The van der Waals surface area contributed by atoms with E-state index in [2.05, 4.69) is 27.6 Å². The fourth-order valence-electron chi connectivity index (χ4n) is 2.50. The highest BCUT2D eigenvalue weighted by atomic mass is 32.1. The van der Waals surface area contributed by atoms with Crippen molar-refractivity contribution in [2.24, 2.45) is 0 Å². The van der Waals surface area contributed by atoms with Crippen LogP contribution in [-0.4, -0.2) is 35.3 Å². The number of carbonyl (C=O) groups is 2. The van der Waals surface area contributed by atoms with Gasteiger partial charge in [0, 0.05) is 30.9 Å². The Morgan fingerprint density at radius 1 is 1.25 bits per heavy atom. The van der Waals surface area contributed by atoms with Crippen LogP contribution in [0, 0.1) is 6.92 Å².